The van der Waals surface area contributed by atoms with E-state index in [1.54, 1.807) is 6.92 Å². The quantitative estimate of drug-likeness (QED) is 0.546. The first-order valence-electron chi connectivity index (χ1n) is 6.86. The van der Waals surface area contributed by atoms with E-state index in [2.05, 4.69) is 5.32 Å². The van der Waals surface area contributed by atoms with Gasteiger partial charge in [-0.2, -0.15) is 0 Å². The van der Waals surface area contributed by atoms with Crippen LogP contribution in [0.1, 0.15) is 13.3 Å². The first-order valence-corrected chi connectivity index (χ1v) is 6.86. The lowest BCUT2D eigenvalue weighted by Gasteiger charge is -2.19. The second-order valence-corrected chi connectivity index (χ2v) is 4.94. The minimum Gasteiger partial charge on any atom is -0.494 e. The molecule has 1 atom stereocenters. The molecular weight excluding hydrogens is 306 g/mol. The zero-order valence-electron chi connectivity index (χ0n) is 13.1. The number of carboxylic acid groups (broad SMARTS) is 1. The number of carbonyl (C=O) groups is 2. The summed E-state index contributed by atoms with van der Waals surface area (Å²) in [6.07, 6.45) is -0.327. The third kappa shape index (κ3) is 5.22. The normalized spacial score (nSPS) is 11.8. The summed E-state index contributed by atoms with van der Waals surface area (Å²) in [7, 11) is 3.07. The number of ether oxygens (including phenoxy) is 1. The summed E-state index contributed by atoms with van der Waals surface area (Å²) in [5, 5.41) is 22.5. The molecule has 0 bridgehead atoms. The second-order valence-electron chi connectivity index (χ2n) is 4.94. The fourth-order valence-corrected chi connectivity index (χ4v) is 1.89. The Labute approximate surface area is 133 Å². The van der Waals surface area contributed by atoms with Gasteiger partial charge in [-0.15, -0.1) is 0 Å². The number of aliphatic carboxylic acids is 1. The van der Waals surface area contributed by atoms with Crippen LogP contribution in [0.2, 0.25) is 0 Å². The van der Waals surface area contributed by atoms with Crippen molar-refractivity contribution in [2.75, 3.05) is 26.0 Å². The molecule has 0 aromatic heterocycles. The third-order valence-corrected chi connectivity index (χ3v) is 3.04. The van der Waals surface area contributed by atoms with Crippen LogP contribution in [0.5, 0.6) is 5.75 Å². The van der Waals surface area contributed by atoms with Gasteiger partial charge in [-0.1, -0.05) is 0 Å². The number of nitro groups is 1. The van der Waals surface area contributed by atoms with Gasteiger partial charge in [0.25, 0.3) is 5.69 Å². The average molecular weight is 325 g/mol. The zero-order chi connectivity index (χ0) is 17.6. The molecule has 1 aromatic rings. The molecule has 0 aliphatic rings. The number of benzene rings is 1. The predicted molar refractivity (Wildman–Crippen MR) is 82.6 cm³/mol. The molecule has 0 heterocycles. The molecule has 9 heteroatoms. The van der Waals surface area contributed by atoms with Gasteiger partial charge in [-0.25, -0.2) is 0 Å². The highest BCUT2D eigenvalue weighted by molar-refractivity contribution is 5.95. The number of nitro benzene ring substituents is 1. The maximum atomic E-state index is 12.0. The van der Waals surface area contributed by atoms with Crippen molar-refractivity contribution in [3.8, 4) is 5.75 Å². The van der Waals surface area contributed by atoms with Crippen LogP contribution in [0, 0.1) is 10.1 Å². The Hall–Kier alpha value is -2.68. The topological polar surface area (TPSA) is 122 Å². The summed E-state index contributed by atoms with van der Waals surface area (Å²) >= 11 is 0. The largest absolute Gasteiger partial charge is 0.494 e. The van der Waals surface area contributed by atoms with E-state index in [9.17, 15) is 19.7 Å². The molecule has 1 aromatic carbocycles. The van der Waals surface area contributed by atoms with Gasteiger partial charge in [-0.3, -0.25) is 24.6 Å². The molecule has 9 nitrogen and oxygen atoms in total. The van der Waals surface area contributed by atoms with E-state index < -0.39 is 22.8 Å². The molecule has 1 unspecified atom stereocenters. The molecule has 1 amide bonds. The average Bonchev–Trinajstić information content (AvgIpc) is 2.45. The monoisotopic (exact) mass is 325 g/mol. The number of nitrogens with one attached hydrogen (secondary N) is 1. The molecule has 1 rings (SSSR count). The second kappa shape index (κ2) is 8.08. The van der Waals surface area contributed by atoms with Crippen molar-refractivity contribution in [3.05, 3.63) is 28.3 Å². The van der Waals surface area contributed by atoms with Crippen LogP contribution in [-0.2, 0) is 9.59 Å². The summed E-state index contributed by atoms with van der Waals surface area (Å²) in [4.78, 5) is 34.9. The van der Waals surface area contributed by atoms with Crippen LogP contribution in [-0.4, -0.2) is 53.6 Å². The van der Waals surface area contributed by atoms with Crippen LogP contribution < -0.4 is 10.1 Å². The van der Waals surface area contributed by atoms with Crippen molar-refractivity contribution in [2.24, 2.45) is 0 Å². The van der Waals surface area contributed by atoms with Crippen LogP contribution in [0.3, 0.4) is 0 Å². The number of hydrogen-bond donors (Lipinski definition) is 2. The van der Waals surface area contributed by atoms with E-state index in [1.807, 2.05) is 0 Å². The minimum atomic E-state index is -1.15. The number of rotatable bonds is 8. The summed E-state index contributed by atoms with van der Waals surface area (Å²) < 4.78 is 5.18. The fourth-order valence-electron chi connectivity index (χ4n) is 1.89. The molecule has 0 saturated carbocycles. The van der Waals surface area contributed by atoms with E-state index >= 15 is 0 Å². The maximum Gasteiger partial charge on any atom is 0.321 e. The molecular formula is C14H19N3O6. The predicted octanol–water partition coefficient (Wildman–Crippen LogP) is 1.34. The zero-order valence-corrected chi connectivity index (χ0v) is 13.1. The highest BCUT2D eigenvalue weighted by Crippen LogP contribution is 2.29. The molecule has 0 spiro atoms. The molecule has 0 fully saturated rings. The van der Waals surface area contributed by atoms with Gasteiger partial charge >= 0.3 is 5.97 Å². The van der Waals surface area contributed by atoms with Crippen molar-refractivity contribution in [2.45, 2.75) is 19.4 Å². The van der Waals surface area contributed by atoms with Crippen molar-refractivity contribution in [1.29, 1.82) is 0 Å². The molecule has 0 radical (unpaired) electrons. The van der Waals surface area contributed by atoms with Crippen molar-refractivity contribution in [3.63, 3.8) is 0 Å². The van der Waals surface area contributed by atoms with Crippen molar-refractivity contribution < 1.29 is 24.4 Å². The van der Waals surface area contributed by atoms with Gasteiger partial charge in [0.2, 0.25) is 5.91 Å². The Kier molecular flexibility index (Phi) is 6.46. The highest BCUT2D eigenvalue weighted by Gasteiger charge is 2.25. The first-order chi connectivity index (χ1) is 10.8. The summed E-state index contributed by atoms with van der Waals surface area (Å²) in [5.74, 6) is -1.46. The Balaban J connectivity index is 2.93. The molecule has 0 aliphatic heterocycles. The van der Waals surface area contributed by atoms with Crippen LogP contribution in [0.15, 0.2) is 18.2 Å². The van der Waals surface area contributed by atoms with Gasteiger partial charge in [0.1, 0.15) is 17.5 Å². The van der Waals surface area contributed by atoms with Crippen molar-refractivity contribution in [1.82, 2.24) is 4.90 Å². The summed E-state index contributed by atoms with van der Waals surface area (Å²) in [5.41, 5.74) is -0.327. The lowest BCUT2D eigenvalue weighted by molar-refractivity contribution is -0.384. The van der Waals surface area contributed by atoms with Gasteiger partial charge < -0.3 is 15.2 Å². The minimum absolute atomic E-state index is 0.00801. The van der Waals surface area contributed by atoms with Crippen LogP contribution >= 0.6 is 0 Å². The first kappa shape index (κ1) is 18.4. The van der Waals surface area contributed by atoms with Crippen molar-refractivity contribution >= 4 is 23.3 Å². The van der Waals surface area contributed by atoms with Gasteiger partial charge in [0.15, 0.2) is 0 Å². The Morgan fingerprint density at radius 2 is 2.09 bits per heavy atom. The molecule has 2 N–H and O–H groups in total. The Morgan fingerprint density at radius 3 is 2.57 bits per heavy atom. The number of likely N-dealkylation sites (N-methyl/N-ethyl adjacent to an activating group) is 1. The van der Waals surface area contributed by atoms with Gasteiger partial charge in [-0.05, 0) is 33.2 Å². The number of carbonyl (C=O) groups excluding carboxylic acids is 1. The molecule has 0 aliphatic carbocycles. The van der Waals surface area contributed by atoms with E-state index in [-0.39, 0.29) is 17.8 Å². The Bertz CT molecular complexity index is 602. The summed E-state index contributed by atoms with van der Waals surface area (Å²) in [6, 6.07) is 3.04. The lowest BCUT2D eigenvalue weighted by atomic mass is 10.1. The maximum absolute atomic E-state index is 12.0. The molecule has 0 saturated heterocycles. The van der Waals surface area contributed by atoms with Gasteiger partial charge in [0, 0.05) is 0 Å². The number of carboxylic acids is 1. The van der Waals surface area contributed by atoms with E-state index in [4.69, 9.17) is 9.84 Å². The molecule has 23 heavy (non-hydrogen) atoms. The smallest absolute Gasteiger partial charge is 0.321 e. The Morgan fingerprint density at radius 1 is 1.43 bits per heavy atom. The lowest BCUT2D eigenvalue weighted by Crippen LogP contribution is -2.38. The number of hydrogen-bond acceptors (Lipinski definition) is 6. The standard InChI is InChI=1S/C14H19N3O6/c1-4-23-9-5-6-10(11(7-9)17(21)22)15-13(18)8-12(14(19)20)16(2)3/h5-7,12H,4,8H2,1-3H3,(H,15,18)(H,19,20). The van der Waals surface area contributed by atoms with E-state index in [1.165, 1.54) is 37.2 Å². The van der Waals surface area contributed by atoms with E-state index in [0.717, 1.165) is 0 Å². The number of amides is 1. The number of anilines is 1. The van der Waals surface area contributed by atoms with Crippen LogP contribution in [0.25, 0.3) is 0 Å². The number of nitrogens with zero attached hydrogens (tertiary/aromatic N) is 2. The third-order valence-electron chi connectivity index (χ3n) is 3.04. The van der Waals surface area contributed by atoms with E-state index in [0.29, 0.717) is 12.4 Å². The van der Waals surface area contributed by atoms with Crippen LogP contribution in [0.4, 0.5) is 11.4 Å². The highest BCUT2D eigenvalue weighted by atomic mass is 16.6. The SMILES string of the molecule is CCOc1ccc(NC(=O)CC(C(=O)O)N(C)C)c([N+](=O)[O-])c1. The molecule has 126 valence electrons. The van der Waals surface area contributed by atoms with Gasteiger partial charge in [0.05, 0.1) is 24.0 Å². The fraction of sp³-hybridized carbons (Fsp3) is 0.429. The summed E-state index contributed by atoms with van der Waals surface area (Å²) in [6.45, 7) is 2.10.